The molecule has 0 saturated carbocycles. The number of pyridine rings is 1. The zero-order valence-electron chi connectivity index (χ0n) is 23.6. The van der Waals surface area contributed by atoms with E-state index in [0.717, 1.165) is 54.6 Å². The fraction of sp³-hybridized carbons (Fsp3) is 0.312. The molecule has 43 heavy (non-hydrogen) atoms. The normalized spacial score (nSPS) is 19.0. The summed E-state index contributed by atoms with van der Waals surface area (Å²) in [6.45, 7) is 4.16. The minimum absolute atomic E-state index is 0.0905. The van der Waals surface area contributed by atoms with Gasteiger partial charge in [0, 0.05) is 39.1 Å². The quantitative estimate of drug-likeness (QED) is 0.383. The van der Waals surface area contributed by atoms with Gasteiger partial charge < -0.3 is 10.6 Å². The van der Waals surface area contributed by atoms with E-state index >= 15 is 0 Å². The number of piperidine rings is 1. The van der Waals surface area contributed by atoms with Crippen molar-refractivity contribution in [1.29, 1.82) is 0 Å². The molecule has 1 atom stereocenters. The Labute approximate surface area is 248 Å². The lowest BCUT2D eigenvalue weighted by molar-refractivity contribution is -0.136. The predicted molar refractivity (Wildman–Crippen MR) is 157 cm³/mol. The number of carbonyl (C=O) groups is 5. The monoisotopic (exact) mass is 580 g/mol. The zero-order chi connectivity index (χ0) is 30.1. The van der Waals surface area contributed by atoms with Crippen LogP contribution < -0.4 is 16.0 Å². The SMILES string of the molecule is NC(=O)c1cccc(N2CCN(Cc3ccc(CCc4cccc5c4C(=O)N(C4CCC(=O)NC4=O)C5=O)cc3)CC2)n1. The number of nitrogens with two attached hydrogens (primary N) is 1. The predicted octanol–water partition coefficient (Wildman–Crippen LogP) is 1.69. The molecule has 2 aromatic carbocycles. The number of hydrogen-bond donors (Lipinski definition) is 2. The standard InChI is InChI=1S/C32H32N6O5/c33-29(40)24-5-2-6-26(34-24)37-17-15-36(16-18-37)19-21-9-7-20(8-10-21)11-12-22-3-1-4-23-28(22)32(43)38(31(23)42)25-13-14-27(39)35-30(25)41/h1-10,25H,11-19H2,(H2,33,40)(H,35,39,41). The Kier molecular flexibility index (Phi) is 7.73. The van der Waals surface area contributed by atoms with Crippen molar-refractivity contribution in [1.82, 2.24) is 20.1 Å². The maximum atomic E-state index is 13.4. The lowest BCUT2D eigenvalue weighted by Crippen LogP contribution is -2.54. The smallest absolute Gasteiger partial charge is 0.267 e. The molecule has 11 nitrogen and oxygen atoms in total. The van der Waals surface area contributed by atoms with Gasteiger partial charge in [0.25, 0.3) is 17.7 Å². The second kappa shape index (κ2) is 11.8. The molecule has 0 radical (unpaired) electrons. The Morgan fingerprint density at radius 3 is 2.30 bits per heavy atom. The van der Waals surface area contributed by atoms with E-state index < -0.39 is 35.6 Å². The maximum absolute atomic E-state index is 13.4. The van der Waals surface area contributed by atoms with Crippen LogP contribution in [0.2, 0.25) is 0 Å². The van der Waals surface area contributed by atoms with Crippen LogP contribution in [0.3, 0.4) is 0 Å². The van der Waals surface area contributed by atoms with Gasteiger partial charge in [-0.05, 0) is 54.2 Å². The van der Waals surface area contributed by atoms with Crippen molar-refractivity contribution in [3.05, 3.63) is 94.2 Å². The Balaban J connectivity index is 1.04. The number of nitrogens with zero attached hydrogens (tertiary/aromatic N) is 4. The zero-order valence-corrected chi connectivity index (χ0v) is 23.6. The minimum Gasteiger partial charge on any atom is -0.364 e. The molecular formula is C32H32N6O5. The van der Waals surface area contributed by atoms with Crippen LogP contribution in [0.25, 0.3) is 0 Å². The molecule has 3 aliphatic rings. The topological polar surface area (TPSA) is 146 Å². The van der Waals surface area contributed by atoms with E-state index in [1.165, 1.54) is 5.56 Å². The first-order valence-electron chi connectivity index (χ1n) is 14.4. The first-order valence-corrected chi connectivity index (χ1v) is 14.4. The van der Waals surface area contributed by atoms with Gasteiger partial charge in [-0.3, -0.25) is 39.1 Å². The van der Waals surface area contributed by atoms with E-state index in [2.05, 4.69) is 44.4 Å². The summed E-state index contributed by atoms with van der Waals surface area (Å²) in [4.78, 5) is 71.8. The number of benzene rings is 2. The van der Waals surface area contributed by atoms with E-state index in [4.69, 9.17) is 5.73 Å². The van der Waals surface area contributed by atoms with E-state index in [9.17, 15) is 24.0 Å². The van der Waals surface area contributed by atoms with Gasteiger partial charge in [-0.2, -0.15) is 0 Å². The Bertz CT molecular complexity index is 1610. The highest BCUT2D eigenvalue weighted by molar-refractivity contribution is 6.24. The van der Waals surface area contributed by atoms with Crippen LogP contribution in [0.5, 0.6) is 0 Å². The van der Waals surface area contributed by atoms with E-state index in [1.54, 1.807) is 24.3 Å². The lowest BCUT2D eigenvalue weighted by atomic mass is 9.96. The number of piperazine rings is 1. The molecule has 2 fully saturated rings. The Morgan fingerprint density at radius 1 is 0.860 bits per heavy atom. The molecule has 0 spiro atoms. The van der Waals surface area contributed by atoms with Crippen LogP contribution in [0.15, 0.2) is 60.7 Å². The van der Waals surface area contributed by atoms with Gasteiger partial charge in [0.1, 0.15) is 17.6 Å². The fourth-order valence-electron chi connectivity index (χ4n) is 6.01. The average molecular weight is 581 g/mol. The molecule has 3 N–H and O–H groups in total. The molecule has 4 heterocycles. The maximum Gasteiger partial charge on any atom is 0.267 e. The fourth-order valence-corrected chi connectivity index (χ4v) is 6.01. The summed E-state index contributed by atoms with van der Waals surface area (Å²) in [6.07, 6.45) is 1.48. The number of aromatic nitrogens is 1. The third-order valence-corrected chi connectivity index (χ3v) is 8.35. The van der Waals surface area contributed by atoms with Crippen LogP contribution in [0.1, 0.15) is 60.7 Å². The number of primary amides is 1. The number of fused-ring (bicyclic) bond motifs is 1. The number of amides is 5. The molecule has 1 aromatic heterocycles. The summed E-state index contributed by atoms with van der Waals surface area (Å²) < 4.78 is 0. The summed E-state index contributed by atoms with van der Waals surface area (Å²) in [7, 11) is 0. The van der Waals surface area contributed by atoms with E-state index in [-0.39, 0.29) is 18.5 Å². The molecule has 2 saturated heterocycles. The number of hydrogen-bond acceptors (Lipinski definition) is 8. The average Bonchev–Trinajstić information content (AvgIpc) is 3.27. The summed E-state index contributed by atoms with van der Waals surface area (Å²) >= 11 is 0. The number of imide groups is 2. The Hall–Kier alpha value is -4.90. The van der Waals surface area contributed by atoms with Crippen LogP contribution in [-0.4, -0.2) is 76.5 Å². The molecule has 0 bridgehead atoms. The highest BCUT2D eigenvalue weighted by Crippen LogP contribution is 2.30. The van der Waals surface area contributed by atoms with Crippen molar-refractivity contribution in [3.63, 3.8) is 0 Å². The largest absolute Gasteiger partial charge is 0.364 e. The van der Waals surface area contributed by atoms with Gasteiger partial charge in [-0.15, -0.1) is 0 Å². The lowest BCUT2D eigenvalue weighted by Gasteiger charge is -2.35. The van der Waals surface area contributed by atoms with E-state index in [0.29, 0.717) is 24.0 Å². The van der Waals surface area contributed by atoms with Gasteiger partial charge in [-0.1, -0.05) is 42.5 Å². The molecular weight excluding hydrogens is 548 g/mol. The summed E-state index contributed by atoms with van der Waals surface area (Å²) in [5.41, 5.74) is 9.38. The van der Waals surface area contributed by atoms with Gasteiger partial charge in [0.05, 0.1) is 11.1 Å². The van der Waals surface area contributed by atoms with Crippen molar-refractivity contribution in [2.75, 3.05) is 31.1 Å². The number of rotatable bonds is 8. The van der Waals surface area contributed by atoms with Gasteiger partial charge in [0.2, 0.25) is 11.8 Å². The minimum atomic E-state index is -0.974. The molecule has 220 valence electrons. The van der Waals surface area contributed by atoms with E-state index in [1.807, 2.05) is 12.1 Å². The summed E-state index contributed by atoms with van der Waals surface area (Å²) in [5.74, 6) is -1.74. The van der Waals surface area contributed by atoms with Crippen LogP contribution >= 0.6 is 0 Å². The van der Waals surface area contributed by atoms with Crippen molar-refractivity contribution in [3.8, 4) is 0 Å². The molecule has 1 unspecified atom stereocenters. The molecule has 3 aromatic rings. The highest BCUT2D eigenvalue weighted by atomic mass is 16.2. The molecule has 5 amide bonds. The first-order chi connectivity index (χ1) is 20.8. The van der Waals surface area contributed by atoms with Crippen LogP contribution in [0.4, 0.5) is 5.82 Å². The van der Waals surface area contributed by atoms with Crippen molar-refractivity contribution in [2.24, 2.45) is 5.73 Å². The second-order valence-electron chi connectivity index (χ2n) is 11.1. The number of carbonyl (C=O) groups excluding carboxylic acids is 5. The number of aryl methyl sites for hydroxylation is 2. The molecule has 6 rings (SSSR count). The third-order valence-electron chi connectivity index (χ3n) is 8.35. The van der Waals surface area contributed by atoms with Crippen molar-refractivity contribution >= 4 is 35.4 Å². The van der Waals surface area contributed by atoms with Crippen molar-refractivity contribution < 1.29 is 24.0 Å². The second-order valence-corrected chi connectivity index (χ2v) is 11.1. The highest BCUT2D eigenvalue weighted by Gasteiger charge is 2.45. The van der Waals surface area contributed by atoms with Crippen LogP contribution in [0, 0.1) is 0 Å². The van der Waals surface area contributed by atoms with Crippen LogP contribution in [-0.2, 0) is 29.0 Å². The Morgan fingerprint density at radius 2 is 1.58 bits per heavy atom. The molecule has 11 heteroatoms. The van der Waals surface area contributed by atoms with Gasteiger partial charge >= 0.3 is 0 Å². The summed E-state index contributed by atoms with van der Waals surface area (Å²) in [5, 5.41) is 2.23. The number of nitrogens with one attached hydrogen (secondary N) is 1. The number of anilines is 1. The van der Waals surface area contributed by atoms with Gasteiger partial charge in [-0.25, -0.2) is 4.98 Å². The first kappa shape index (κ1) is 28.2. The summed E-state index contributed by atoms with van der Waals surface area (Å²) in [6, 6.07) is 18.0. The molecule has 3 aliphatic heterocycles. The van der Waals surface area contributed by atoms with Crippen molar-refractivity contribution in [2.45, 2.75) is 38.3 Å². The third kappa shape index (κ3) is 5.76. The molecule has 0 aliphatic carbocycles. The van der Waals surface area contributed by atoms with Gasteiger partial charge in [0.15, 0.2) is 0 Å².